The van der Waals surface area contributed by atoms with Gasteiger partial charge in [0.25, 0.3) is 0 Å². The van der Waals surface area contributed by atoms with Gasteiger partial charge in [0.15, 0.2) is 0 Å². The number of methoxy groups -OCH3 is 1. The molecule has 118 valence electrons. The topological polar surface area (TPSA) is 47.7 Å². The fourth-order valence-corrected chi connectivity index (χ4v) is 2.70. The van der Waals surface area contributed by atoms with Crippen molar-refractivity contribution in [2.24, 2.45) is 0 Å². The van der Waals surface area contributed by atoms with Gasteiger partial charge in [0, 0.05) is 18.3 Å². The summed E-state index contributed by atoms with van der Waals surface area (Å²) in [5, 5.41) is 0. The van der Waals surface area contributed by atoms with Gasteiger partial charge in [-0.1, -0.05) is 12.1 Å². The lowest BCUT2D eigenvalue weighted by Crippen LogP contribution is -2.37. The van der Waals surface area contributed by atoms with Crippen molar-refractivity contribution in [1.82, 2.24) is 0 Å². The van der Waals surface area contributed by atoms with Crippen LogP contribution in [0.3, 0.4) is 0 Å². The lowest BCUT2D eigenvalue weighted by atomic mass is 10.1. The highest BCUT2D eigenvalue weighted by Gasteiger charge is 2.23. The summed E-state index contributed by atoms with van der Waals surface area (Å²) in [5.74, 6) is 1.74. The summed E-state index contributed by atoms with van der Waals surface area (Å²) in [7, 11) is 1.68. The van der Waals surface area contributed by atoms with E-state index in [0.717, 1.165) is 36.0 Å². The Hall–Kier alpha value is -2.07. The molecule has 2 aromatic rings. The molecular formula is C17H21ClN2O2. The molecule has 0 saturated carbocycles. The third kappa shape index (κ3) is 3.39. The van der Waals surface area contributed by atoms with E-state index < -0.39 is 0 Å². The van der Waals surface area contributed by atoms with Crippen LogP contribution in [0.2, 0.25) is 0 Å². The second-order valence-electron chi connectivity index (χ2n) is 5.39. The summed E-state index contributed by atoms with van der Waals surface area (Å²) in [6, 6.07) is 13.9. The summed E-state index contributed by atoms with van der Waals surface area (Å²) in [5.41, 5.74) is 8.92. The van der Waals surface area contributed by atoms with Crippen molar-refractivity contribution in [3.8, 4) is 11.5 Å². The fourth-order valence-electron chi connectivity index (χ4n) is 2.70. The molecule has 0 amide bonds. The normalized spacial score (nSPS) is 16.3. The van der Waals surface area contributed by atoms with Gasteiger partial charge < -0.3 is 20.1 Å². The Morgan fingerprint density at radius 2 is 2.09 bits per heavy atom. The number of anilines is 2. The maximum atomic E-state index is 5.90. The molecule has 1 unspecified atom stereocenters. The van der Waals surface area contributed by atoms with Gasteiger partial charge in [-0.05, 0) is 36.8 Å². The van der Waals surface area contributed by atoms with E-state index in [1.54, 1.807) is 7.11 Å². The van der Waals surface area contributed by atoms with Crippen molar-refractivity contribution >= 4 is 23.8 Å². The predicted octanol–water partition coefficient (Wildman–Crippen LogP) is 3.49. The Labute approximate surface area is 137 Å². The third-order valence-corrected chi connectivity index (χ3v) is 3.64. The molecule has 22 heavy (non-hydrogen) atoms. The summed E-state index contributed by atoms with van der Waals surface area (Å²) in [6.45, 7) is 3.73. The Morgan fingerprint density at radius 3 is 2.82 bits per heavy atom. The predicted molar refractivity (Wildman–Crippen MR) is 92.2 cm³/mol. The molecule has 0 spiro atoms. The van der Waals surface area contributed by atoms with Gasteiger partial charge in [0.2, 0.25) is 0 Å². The van der Waals surface area contributed by atoms with Gasteiger partial charge in [-0.2, -0.15) is 0 Å². The first-order valence-corrected chi connectivity index (χ1v) is 7.10. The number of rotatable bonds is 3. The molecule has 5 heteroatoms. The zero-order valence-corrected chi connectivity index (χ0v) is 13.6. The molecule has 3 rings (SSSR count). The molecule has 0 fully saturated rings. The standard InChI is InChI=1S/C17H20N2O2.ClH/c1-12-10-19(11-13-4-3-5-14(18)8-13)16-9-15(20-2)6-7-17(16)21-12;/h3-9,12H,10-11,18H2,1-2H3;1H. The van der Waals surface area contributed by atoms with Gasteiger partial charge in [-0.25, -0.2) is 0 Å². The zero-order valence-electron chi connectivity index (χ0n) is 12.8. The van der Waals surface area contributed by atoms with Crippen molar-refractivity contribution < 1.29 is 9.47 Å². The summed E-state index contributed by atoms with van der Waals surface area (Å²) in [6.07, 6.45) is 0.159. The minimum absolute atomic E-state index is 0. The molecule has 2 aromatic carbocycles. The number of nitrogen functional groups attached to an aromatic ring is 1. The molecule has 0 radical (unpaired) electrons. The van der Waals surface area contributed by atoms with Crippen LogP contribution in [0.5, 0.6) is 11.5 Å². The first kappa shape index (κ1) is 16.3. The number of nitrogens with zero attached hydrogens (tertiary/aromatic N) is 1. The Morgan fingerprint density at radius 1 is 1.27 bits per heavy atom. The highest BCUT2D eigenvalue weighted by molar-refractivity contribution is 5.85. The SMILES string of the molecule is COc1ccc2c(c1)N(Cc1cccc(N)c1)CC(C)O2.Cl. The summed E-state index contributed by atoms with van der Waals surface area (Å²) in [4.78, 5) is 2.31. The van der Waals surface area contributed by atoms with Crippen molar-refractivity contribution in [1.29, 1.82) is 0 Å². The van der Waals surface area contributed by atoms with Crippen LogP contribution in [0.1, 0.15) is 12.5 Å². The first-order valence-electron chi connectivity index (χ1n) is 7.10. The van der Waals surface area contributed by atoms with Crippen LogP contribution in [-0.2, 0) is 6.54 Å². The number of hydrogen-bond acceptors (Lipinski definition) is 4. The van der Waals surface area contributed by atoms with Crippen molar-refractivity contribution in [2.75, 3.05) is 24.3 Å². The minimum Gasteiger partial charge on any atom is -0.497 e. The van der Waals surface area contributed by atoms with E-state index >= 15 is 0 Å². The quantitative estimate of drug-likeness (QED) is 0.879. The Balaban J connectivity index is 0.00000176. The van der Waals surface area contributed by atoms with E-state index in [0.29, 0.717) is 0 Å². The molecule has 0 bridgehead atoms. The van der Waals surface area contributed by atoms with Crippen LogP contribution in [-0.4, -0.2) is 19.8 Å². The smallest absolute Gasteiger partial charge is 0.143 e. The van der Waals surface area contributed by atoms with Crippen LogP contribution in [0.4, 0.5) is 11.4 Å². The summed E-state index contributed by atoms with van der Waals surface area (Å²) < 4.78 is 11.2. The summed E-state index contributed by atoms with van der Waals surface area (Å²) >= 11 is 0. The van der Waals surface area contributed by atoms with Crippen molar-refractivity contribution in [2.45, 2.75) is 19.6 Å². The molecule has 0 aromatic heterocycles. The van der Waals surface area contributed by atoms with Crippen LogP contribution < -0.4 is 20.1 Å². The molecule has 0 aliphatic carbocycles. The van der Waals surface area contributed by atoms with Crippen molar-refractivity contribution in [3.63, 3.8) is 0 Å². The maximum absolute atomic E-state index is 5.90. The van der Waals surface area contributed by atoms with Gasteiger partial charge in [-0.15, -0.1) is 12.4 Å². The highest BCUT2D eigenvalue weighted by Crippen LogP contribution is 2.37. The van der Waals surface area contributed by atoms with E-state index in [1.165, 1.54) is 5.56 Å². The van der Waals surface area contributed by atoms with Gasteiger partial charge in [0.1, 0.15) is 17.6 Å². The average molecular weight is 321 g/mol. The molecule has 1 atom stereocenters. The lowest BCUT2D eigenvalue weighted by molar-refractivity contribution is 0.211. The number of fused-ring (bicyclic) bond motifs is 1. The molecule has 2 N–H and O–H groups in total. The fraction of sp³-hybridized carbons (Fsp3) is 0.294. The Bertz CT molecular complexity index is 648. The molecule has 0 saturated heterocycles. The van der Waals surface area contributed by atoms with Crippen LogP contribution >= 0.6 is 12.4 Å². The van der Waals surface area contributed by atoms with Gasteiger partial charge >= 0.3 is 0 Å². The molecule has 1 aliphatic heterocycles. The van der Waals surface area contributed by atoms with E-state index in [4.69, 9.17) is 15.2 Å². The maximum Gasteiger partial charge on any atom is 0.143 e. The largest absolute Gasteiger partial charge is 0.497 e. The lowest BCUT2D eigenvalue weighted by Gasteiger charge is -2.35. The monoisotopic (exact) mass is 320 g/mol. The molecular weight excluding hydrogens is 300 g/mol. The average Bonchev–Trinajstić information content (AvgIpc) is 2.47. The van der Waals surface area contributed by atoms with Gasteiger partial charge in [0.05, 0.1) is 19.3 Å². The molecule has 1 aliphatic rings. The van der Waals surface area contributed by atoms with E-state index in [2.05, 4.69) is 17.9 Å². The van der Waals surface area contributed by atoms with Crippen molar-refractivity contribution in [3.05, 3.63) is 48.0 Å². The number of ether oxygens (including phenoxy) is 2. The molecule has 4 nitrogen and oxygen atoms in total. The van der Waals surface area contributed by atoms with E-state index in [-0.39, 0.29) is 18.5 Å². The second kappa shape index (κ2) is 6.79. The second-order valence-corrected chi connectivity index (χ2v) is 5.39. The van der Waals surface area contributed by atoms with Gasteiger partial charge in [-0.3, -0.25) is 0 Å². The number of benzene rings is 2. The zero-order chi connectivity index (χ0) is 14.8. The van der Waals surface area contributed by atoms with Crippen LogP contribution in [0.25, 0.3) is 0 Å². The Kier molecular flexibility index (Phi) is 5.03. The highest BCUT2D eigenvalue weighted by atomic mass is 35.5. The van der Waals surface area contributed by atoms with Crippen LogP contribution in [0, 0.1) is 0 Å². The third-order valence-electron chi connectivity index (χ3n) is 3.64. The molecule has 1 heterocycles. The van der Waals surface area contributed by atoms with E-state index in [9.17, 15) is 0 Å². The number of nitrogens with two attached hydrogens (primary N) is 1. The number of halogens is 1. The number of hydrogen-bond donors (Lipinski definition) is 1. The minimum atomic E-state index is 0. The van der Waals surface area contributed by atoms with Crippen LogP contribution in [0.15, 0.2) is 42.5 Å². The van der Waals surface area contributed by atoms with E-state index in [1.807, 2.05) is 36.4 Å². The first-order chi connectivity index (χ1) is 10.2.